The third-order valence-corrected chi connectivity index (χ3v) is 4.92. The zero-order valence-corrected chi connectivity index (χ0v) is 17.4. The molecule has 2 aromatic carbocycles. The molecule has 0 atom stereocenters. The summed E-state index contributed by atoms with van der Waals surface area (Å²) in [5.74, 6) is 2.89. The van der Waals surface area contributed by atoms with E-state index in [1.54, 1.807) is 6.07 Å². The van der Waals surface area contributed by atoms with E-state index in [4.69, 9.17) is 6.42 Å². The smallest absolute Gasteiger partial charge is 0.315 e. The standard InChI is InChI=1S/C23H26N4O3/c1-5-10-26(4)13-16-6-8-17(9-7-16)14-27-22(24-25-23(27)30)19-11-18(15(2)3)20(28)12-21(19)29/h1,6-9,11-12,15,28-29H,10,13-14H2,2-4H3,(H,25,30). The first-order chi connectivity index (χ1) is 14.3. The Bertz CT molecular complexity index is 1070. The van der Waals surface area contributed by atoms with E-state index in [-0.39, 0.29) is 23.4 Å². The summed E-state index contributed by atoms with van der Waals surface area (Å²) in [5, 5.41) is 38.5. The molecule has 7 heteroatoms. The van der Waals surface area contributed by atoms with Crippen molar-refractivity contribution in [1.82, 2.24) is 19.7 Å². The van der Waals surface area contributed by atoms with Gasteiger partial charge in [-0.25, -0.2) is 0 Å². The molecule has 3 aromatic rings. The topological polar surface area (TPSA) is 94.6 Å². The normalized spacial score (nSPS) is 11.2. The van der Waals surface area contributed by atoms with Crippen LogP contribution in [-0.2, 0) is 13.1 Å². The lowest BCUT2D eigenvalue weighted by atomic mass is 9.98. The van der Waals surface area contributed by atoms with Crippen molar-refractivity contribution in [2.45, 2.75) is 32.9 Å². The predicted octanol–water partition coefficient (Wildman–Crippen LogP) is 3.30. The molecule has 0 saturated carbocycles. The fourth-order valence-corrected chi connectivity index (χ4v) is 3.33. The summed E-state index contributed by atoms with van der Waals surface area (Å²) in [6.07, 6.45) is 5.34. The van der Waals surface area contributed by atoms with Crippen LogP contribution in [0.15, 0.2) is 36.4 Å². The summed E-state index contributed by atoms with van der Waals surface area (Å²) in [5.41, 5.74) is 3.15. The first-order valence-corrected chi connectivity index (χ1v) is 9.68. The highest BCUT2D eigenvalue weighted by Gasteiger charge is 2.20. The number of terminal acetylenes is 1. The van der Waals surface area contributed by atoms with Gasteiger partial charge < -0.3 is 15.3 Å². The van der Waals surface area contributed by atoms with Gasteiger partial charge in [0.15, 0.2) is 5.82 Å². The molecule has 0 unspecified atom stereocenters. The molecule has 1 heterocycles. The van der Waals surface area contributed by atoms with Crippen LogP contribution in [0.25, 0.3) is 11.4 Å². The SMILES string of the molecule is C#CCN(C)Cc1ccc(Cn2c(O)nnc2-c2cc(C(C)C)c(O)cc2O)cc1. The fraction of sp³-hybridized carbons (Fsp3) is 0.304. The molecule has 0 aliphatic carbocycles. The number of rotatable bonds is 7. The summed E-state index contributed by atoms with van der Waals surface area (Å²) in [7, 11) is 1.96. The Hall–Kier alpha value is -3.50. The van der Waals surface area contributed by atoms with Crippen molar-refractivity contribution >= 4 is 0 Å². The van der Waals surface area contributed by atoms with Gasteiger partial charge in [0, 0.05) is 12.6 Å². The van der Waals surface area contributed by atoms with E-state index in [2.05, 4.69) is 16.1 Å². The molecule has 3 N–H and O–H groups in total. The number of hydrogen-bond acceptors (Lipinski definition) is 6. The maximum absolute atomic E-state index is 10.4. The van der Waals surface area contributed by atoms with Crippen LogP contribution in [0.5, 0.6) is 17.5 Å². The van der Waals surface area contributed by atoms with Gasteiger partial charge in [-0.2, -0.15) is 0 Å². The van der Waals surface area contributed by atoms with Gasteiger partial charge in [-0.1, -0.05) is 49.1 Å². The summed E-state index contributed by atoms with van der Waals surface area (Å²) >= 11 is 0. The lowest BCUT2D eigenvalue weighted by Crippen LogP contribution is -2.17. The molecule has 3 rings (SSSR count). The van der Waals surface area contributed by atoms with Crippen molar-refractivity contribution in [3.8, 4) is 41.2 Å². The third-order valence-electron chi connectivity index (χ3n) is 4.92. The van der Waals surface area contributed by atoms with Crippen LogP contribution in [0.4, 0.5) is 0 Å². The van der Waals surface area contributed by atoms with Gasteiger partial charge in [-0.15, -0.1) is 11.5 Å². The Balaban J connectivity index is 1.89. The minimum absolute atomic E-state index is 0.0203. The second-order valence-corrected chi connectivity index (χ2v) is 7.69. The van der Waals surface area contributed by atoms with Gasteiger partial charge >= 0.3 is 6.01 Å². The second-order valence-electron chi connectivity index (χ2n) is 7.69. The summed E-state index contributed by atoms with van der Waals surface area (Å²) in [6, 6.07) is 10.7. The fourth-order valence-electron chi connectivity index (χ4n) is 3.33. The van der Waals surface area contributed by atoms with Crippen LogP contribution in [-0.4, -0.2) is 48.6 Å². The molecule has 0 radical (unpaired) electrons. The number of hydrogen-bond donors (Lipinski definition) is 3. The van der Waals surface area contributed by atoms with Crippen LogP contribution in [0, 0.1) is 12.3 Å². The lowest BCUT2D eigenvalue weighted by Gasteiger charge is -2.15. The van der Waals surface area contributed by atoms with E-state index >= 15 is 0 Å². The number of nitrogens with zero attached hydrogens (tertiary/aromatic N) is 4. The average molecular weight is 406 g/mol. The van der Waals surface area contributed by atoms with Crippen molar-refractivity contribution in [1.29, 1.82) is 0 Å². The summed E-state index contributed by atoms with van der Waals surface area (Å²) < 4.78 is 1.52. The van der Waals surface area contributed by atoms with Gasteiger partial charge in [0.05, 0.1) is 18.7 Å². The first kappa shape index (κ1) is 21.2. The van der Waals surface area contributed by atoms with Crippen molar-refractivity contribution in [3.05, 3.63) is 53.1 Å². The van der Waals surface area contributed by atoms with Gasteiger partial charge in [-0.05, 0) is 35.7 Å². The van der Waals surface area contributed by atoms with Gasteiger partial charge in [0.1, 0.15) is 11.5 Å². The molecule has 0 aliphatic heterocycles. The Morgan fingerprint density at radius 2 is 1.70 bits per heavy atom. The quantitative estimate of drug-likeness (QED) is 0.521. The maximum atomic E-state index is 10.4. The molecular formula is C23H26N4O3. The molecule has 1 aromatic heterocycles. The van der Waals surface area contributed by atoms with Crippen molar-refractivity contribution in [2.24, 2.45) is 0 Å². The molecule has 0 fully saturated rings. The van der Waals surface area contributed by atoms with E-state index in [1.165, 1.54) is 10.6 Å². The Morgan fingerprint density at radius 1 is 1.03 bits per heavy atom. The van der Waals surface area contributed by atoms with Gasteiger partial charge in [0.25, 0.3) is 0 Å². The highest BCUT2D eigenvalue weighted by atomic mass is 16.3. The second kappa shape index (κ2) is 8.89. The summed E-state index contributed by atoms with van der Waals surface area (Å²) in [6.45, 7) is 5.54. The van der Waals surface area contributed by atoms with Crippen LogP contribution in [0.3, 0.4) is 0 Å². The van der Waals surface area contributed by atoms with Crippen LogP contribution in [0.1, 0.15) is 36.5 Å². The summed E-state index contributed by atoms with van der Waals surface area (Å²) in [4.78, 5) is 2.04. The zero-order valence-electron chi connectivity index (χ0n) is 17.4. The first-order valence-electron chi connectivity index (χ1n) is 9.68. The number of aromatic hydroxyl groups is 3. The number of phenolic OH excluding ortho intramolecular Hbond substituents is 2. The zero-order chi connectivity index (χ0) is 21.8. The van der Waals surface area contributed by atoms with E-state index in [0.717, 1.165) is 17.7 Å². The highest BCUT2D eigenvalue weighted by Crippen LogP contribution is 2.38. The largest absolute Gasteiger partial charge is 0.508 e. The molecule has 0 spiro atoms. The minimum Gasteiger partial charge on any atom is -0.508 e. The molecule has 0 bridgehead atoms. The van der Waals surface area contributed by atoms with Gasteiger partial charge in [-0.3, -0.25) is 9.47 Å². The molecule has 30 heavy (non-hydrogen) atoms. The molecule has 0 amide bonds. The number of phenols is 2. The number of benzene rings is 2. The lowest BCUT2D eigenvalue weighted by molar-refractivity contribution is 0.369. The molecular weight excluding hydrogens is 380 g/mol. The minimum atomic E-state index is -0.249. The van der Waals surface area contributed by atoms with E-state index < -0.39 is 0 Å². The molecule has 0 saturated heterocycles. The Labute approximate surface area is 176 Å². The molecule has 7 nitrogen and oxygen atoms in total. The van der Waals surface area contributed by atoms with Crippen molar-refractivity contribution < 1.29 is 15.3 Å². The van der Waals surface area contributed by atoms with Crippen LogP contribution >= 0.6 is 0 Å². The van der Waals surface area contributed by atoms with E-state index in [0.29, 0.717) is 30.0 Å². The van der Waals surface area contributed by atoms with Crippen molar-refractivity contribution in [2.75, 3.05) is 13.6 Å². The van der Waals surface area contributed by atoms with E-state index in [9.17, 15) is 15.3 Å². The van der Waals surface area contributed by atoms with Crippen molar-refractivity contribution in [3.63, 3.8) is 0 Å². The van der Waals surface area contributed by atoms with Crippen LogP contribution in [0.2, 0.25) is 0 Å². The maximum Gasteiger partial charge on any atom is 0.315 e. The van der Waals surface area contributed by atoms with E-state index in [1.807, 2.05) is 50.1 Å². The Morgan fingerprint density at radius 3 is 2.33 bits per heavy atom. The highest BCUT2D eigenvalue weighted by molar-refractivity contribution is 5.68. The monoisotopic (exact) mass is 406 g/mol. The molecule has 156 valence electrons. The average Bonchev–Trinajstić information content (AvgIpc) is 3.03. The van der Waals surface area contributed by atoms with Crippen LogP contribution < -0.4 is 0 Å². The predicted molar refractivity (Wildman–Crippen MR) is 115 cm³/mol. The van der Waals surface area contributed by atoms with Gasteiger partial charge in [0.2, 0.25) is 0 Å². The Kier molecular flexibility index (Phi) is 6.28. The third kappa shape index (κ3) is 4.56. The number of aromatic nitrogens is 3. The molecule has 0 aliphatic rings.